The van der Waals surface area contributed by atoms with Crippen LogP contribution in [0.4, 0.5) is 0 Å². The van der Waals surface area contributed by atoms with Crippen LogP contribution >= 0.6 is 0 Å². The molecule has 4 heteroatoms. The van der Waals surface area contributed by atoms with E-state index in [4.69, 9.17) is 9.84 Å². The Bertz CT molecular complexity index is 173. The lowest BCUT2D eigenvalue weighted by molar-refractivity contribution is -0.137. The first kappa shape index (κ1) is 14.4. The van der Waals surface area contributed by atoms with Gasteiger partial charge < -0.3 is 14.7 Å². The minimum Gasteiger partial charge on any atom is -0.481 e. The van der Waals surface area contributed by atoms with Crippen molar-refractivity contribution in [3.8, 4) is 0 Å². The number of rotatable bonds is 9. The van der Waals surface area contributed by atoms with Crippen LogP contribution in [0.3, 0.4) is 0 Å². The number of methoxy groups -OCH3 is 1. The van der Waals surface area contributed by atoms with Gasteiger partial charge in [-0.05, 0) is 33.4 Å². The highest BCUT2D eigenvalue weighted by Gasteiger charge is 2.07. The summed E-state index contributed by atoms with van der Waals surface area (Å²) in [5.41, 5.74) is 0. The predicted molar refractivity (Wildman–Crippen MR) is 60.1 cm³/mol. The first-order chi connectivity index (χ1) is 7.07. The molecular weight excluding hydrogens is 194 g/mol. The van der Waals surface area contributed by atoms with E-state index in [0.717, 1.165) is 32.4 Å². The number of aliphatic carboxylic acids is 1. The van der Waals surface area contributed by atoms with E-state index in [2.05, 4.69) is 18.9 Å². The predicted octanol–water partition coefficient (Wildman–Crippen LogP) is 1.60. The second-order valence-corrected chi connectivity index (χ2v) is 3.99. The molecule has 1 unspecified atom stereocenters. The maximum absolute atomic E-state index is 10.3. The number of carboxylic acid groups (broad SMARTS) is 1. The summed E-state index contributed by atoms with van der Waals surface area (Å²) in [5.74, 6) is -0.698. The van der Waals surface area contributed by atoms with Crippen LogP contribution in [0, 0.1) is 0 Å². The van der Waals surface area contributed by atoms with Crippen molar-refractivity contribution in [2.45, 2.75) is 38.6 Å². The van der Waals surface area contributed by atoms with Crippen molar-refractivity contribution in [1.82, 2.24) is 4.90 Å². The summed E-state index contributed by atoms with van der Waals surface area (Å²) in [6.07, 6.45) is 3.10. The summed E-state index contributed by atoms with van der Waals surface area (Å²) < 4.78 is 5.06. The molecule has 0 saturated heterocycles. The van der Waals surface area contributed by atoms with Crippen molar-refractivity contribution < 1.29 is 14.6 Å². The van der Waals surface area contributed by atoms with Crippen molar-refractivity contribution in [2.75, 3.05) is 27.3 Å². The molecule has 1 N–H and O–H groups in total. The van der Waals surface area contributed by atoms with Crippen LogP contribution in [0.1, 0.15) is 32.6 Å². The standard InChI is InChI=1S/C11H23NO3/c1-10(9-15-3)12(2)8-6-4-5-7-11(13)14/h10H,4-9H2,1-3H3,(H,13,14). The molecule has 0 aliphatic heterocycles. The Hall–Kier alpha value is -0.610. The molecule has 4 nitrogen and oxygen atoms in total. The Morgan fingerprint density at radius 3 is 2.60 bits per heavy atom. The lowest BCUT2D eigenvalue weighted by Crippen LogP contribution is -2.33. The maximum atomic E-state index is 10.3. The van der Waals surface area contributed by atoms with Gasteiger partial charge >= 0.3 is 5.97 Å². The van der Waals surface area contributed by atoms with Gasteiger partial charge in [0.05, 0.1) is 6.61 Å². The highest BCUT2D eigenvalue weighted by molar-refractivity contribution is 5.66. The van der Waals surface area contributed by atoms with Crippen molar-refractivity contribution >= 4 is 5.97 Å². The number of unbranched alkanes of at least 4 members (excludes halogenated alkanes) is 2. The third-order valence-electron chi connectivity index (χ3n) is 2.56. The maximum Gasteiger partial charge on any atom is 0.303 e. The van der Waals surface area contributed by atoms with Crippen molar-refractivity contribution in [3.63, 3.8) is 0 Å². The summed E-state index contributed by atoms with van der Waals surface area (Å²) in [5, 5.41) is 8.45. The molecule has 0 aromatic rings. The fourth-order valence-corrected chi connectivity index (χ4v) is 1.40. The number of ether oxygens (including phenoxy) is 1. The molecule has 0 spiro atoms. The molecule has 0 heterocycles. The second kappa shape index (κ2) is 8.68. The first-order valence-electron chi connectivity index (χ1n) is 5.49. The van der Waals surface area contributed by atoms with Crippen LogP contribution < -0.4 is 0 Å². The zero-order valence-corrected chi connectivity index (χ0v) is 10.0. The molecule has 90 valence electrons. The van der Waals surface area contributed by atoms with Crippen LogP contribution in [0.5, 0.6) is 0 Å². The average molecular weight is 217 g/mol. The Balaban J connectivity index is 3.37. The normalized spacial score (nSPS) is 13.1. The highest BCUT2D eigenvalue weighted by Crippen LogP contribution is 2.03. The van der Waals surface area contributed by atoms with Gasteiger partial charge in [0.1, 0.15) is 0 Å². The monoisotopic (exact) mass is 217 g/mol. The van der Waals surface area contributed by atoms with Gasteiger partial charge in [-0.15, -0.1) is 0 Å². The van der Waals surface area contributed by atoms with E-state index in [9.17, 15) is 4.79 Å². The van der Waals surface area contributed by atoms with E-state index in [1.54, 1.807) is 7.11 Å². The van der Waals surface area contributed by atoms with E-state index >= 15 is 0 Å². The zero-order chi connectivity index (χ0) is 11.7. The fourth-order valence-electron chi connectivity index (χ4n) is 1.40. The zero-order valence-electron chi connectivity index (χ0n) is 10.0. The molecule has 0 saturated carbocycles. The average Bonchev–Trinajstić information content (AvgIpc) is 2.16. The first-order valence-corrected chi connectivity index (χ1v) is 5.49. The minimum absolute atomic E-state index is 0.289. The molecule has 0 aromatic carbocycles. The Kier molecular flexibility index (Phi) is 8.33. The summed E-state index contributed by atoms with van der Waals surface area (Å²) >= 11 is 0. The van der Waals surface area contributed by atoms with Gasteiger partial charge in [-0.2, -0.15) is 0 Å². The van der Waals surface area contributed by atoms with Crippen molar-refractivity contribution in [1.29, 1.82) is 0 Å². The third kappa shape index (κ3) is 8.39. The second-order valence-electron chi connectivity index (χ2n) is 3.99. The molecule has 0 aromatic heterocycles. The van der Waals surface area contributed by atoms with Crippen molar-refractivity contribution in [2.24, 2.45) is 0 Å². The topological polar surface area (TPSA) is 49.8 Å². The molecule has 15 heavy (non-hydrogen) atoms. The van der Waals surface area contributed by atoms with Crippen LogP contribution in [-0.2, 0) is 9.53 Å². The number of hydrogen-bond acceptors (Lipinski definition) is 3. The largest absolute Gasteiger partial charge is 0.481 e. The Labute approximate surface area is 92.2 Å². The molecular formula is C11H23NO3. The number of likely N-dealkylation sites (N-methyl/N-ethyl adjacent to an activating group) is 1. The Morgan fingerprint density at radius 1 is 1.40 bits per heavy atom. The fraction of sp³-hybridized carbons (Fsp3) is 0.909. The molecule has 0 amide bonds. The van der Waals surface area contributed by atoms with Gasteiger partial charge in [-0.1, -0.05) is 6.42 Å². The van der Waals surface area contributed by atoms with Crippen LogP contribution in [0.25, 0.3) is 0 Å². The highest BCUT2D eigenvalue weighted by atomic mass is 16.5. The summed E-state index contributed by atoms with van der Waals surface area (Å²) in [6.45, 7) is 3.87. The summed E-state index contributed by atoms with van der Waals surface area (Å²) in [6, 6.07) is 0.425. The lowest BCUT2D eigenvalue weighted by atomic mass is 10.2. The number of nitrogens with zero attached hydrogens (tertiary/aromatic N) is 1. The van der Waals surface area contributed by atoms with Crippen LogP contribution in [-0.4, -0.2) is 49.3 Å². The number of hydrogen-bond donors (Lipinski definition) is 1. The molecule has 0 aliphatic carbocycles. The number of carboxylic acids is 1. The smallest absolute Gasteiger partial charge is 0.303 e. The van der Waals surface area contributed by atoms with Crippen molar-refractivity contribution in [3.05, 3.63) is 0 Å². The quantitative estimate of drug-likeness (QED) is 0.596. The van der Waals surface area contributed by atoms with E-state index < -0.39 is 5.97 Å². The van der Waals surface area contributed by atoms with Gasteiger partial charge in [0.15, 0.2) is 0 Å². The molecule has 0 rings (SSSR count). The van der Waals surface area contributed by atoms with Gasteiger partial charge in [0, 0.05) is 19.6 Å². The number of carbonyl (C=O) groups is 1. The van der Waals surface area contributed by atoms with Gasteiger partial charge in [-0.3, -0.25) is 4.79 Å². The molecule has 0 bridgehead atoms. The van der Waals surface area contributed by atoms with E-state index in [-0.39, 0.29) is 6.42 Å². The third-order valence-corrected chi connectivity index (χ3v) is 2.56. The Morgan fingerprint density at radius 2 is 2.07 bits per heavy atom. The molecule has 1 atom stereocenters. The minimum atomic E-state index is -0.698. The van der Waals surface area contributed by atoms with E-state index in [1.165, 1.54) is 0 Å². The molecule has 0 aliphatic rings. The van der Waals surface area contributed by atoms with E-state index in [1.807, 2.05) is 0 Å². The van der Waals surface area contributed by atoms with Crippen LogP contribution in [0.2, 0.25) is 0 Å². The molecule has 0 fully saturated rings. The van der Waals surface area contributed by atoms with Gasteiger partial charge in [0.25, 0.3) is 0 Å². The van der Waals surface area contributed by atoms with Crippen LogP contribution in [0.15, 0.2) is 0 Å². The van der Waals surface area contributed by atoms with Gasteiger partial charge in [0.2, 0.25) is 0 Å². The van der Waals surface area contributed by atoms with Gasteiger partial charge in [-0.25, -0.2) is 0 Å². The SMILES string of the molecule is COCC(C)N(C)CCCCCC(=O)O. The lowest BCUT2D eigenvalue weighted by Gasteiger charge is -2.23. The summed E-state index contributed by atoms with van der Waals surface area (Å²) in [4.78, 5) is 12.5. The summed E-state index contributed by atoms with van der Waals surface area (Å²) in [7, 11) is 3.78. The molecule has 0 radical (unpaired) electrons. The van der Waals surface area contributed by atoms with E-state index in [0.29, 0.717) is 6.04 Å².